The molecule has 3 rings (SSSR count). The molecule has 0 saturated carbocycles. The van der Waals surface area contributed by atoms with E-state index in [-0.39, 0.29) is 10.8 Å². The molecule has 1 aliphatic heterocycles. The van der Waals surface area contributed by atoms with Gasteiger partial charge in [0.15, 0.2) is 0 Å². The van der Waals surface area contributed by atoms with Crippen LogP contribution in [0.1, 0.15) is 35.6 Å². The maximum atomic E-state index is 13.0. The minimum atomic E-state index is -3.81. The normalized spacial score (nSPS) is 13.8. The molecule has 2 aromatic rings. The Labute approximate surface area is 166 Å². The molecule has 2 aromatic carbocycles. The fraction of sp³-hybridized carbons (Fsp3) is 0.381. The number of hydrogen-bond acceptors (Lipinski definition) is 4. The van der Waals surface area contributed by atoms with Gasteiger partial charge in [-0.25, -0.2) is 8.42 Å². The van der Waals surface area contributed by atoms with Gasteiger partial charge < -0.3 is 9.64 Å². The molecule has 1 heterocycles. The lowest BCUT2D eigenvalue weighted by atomic mass is 9.99. The van der Waals surface area contributed by atoms with Gasteiger partial charge in [0.05, 0.1) is 7.11 Å². The Kier molecular flexibility index (Phi) is 5.65. The van der Waals surface area contributed by atoms with E-state index in [4.69, 9.17) is 4.74 Å². The number of hydrogen-bond donors (Lipinski definition) is 1. The molecule has 0 atom stereocenters. The number of benzene rings is 2. The van der Waals surface area contributed by atoms with Crippen LogP contribution in [-0.4, -0.2) is 32.9 Å². The summed E-state index contributed by atoms with van der Waals surface area (Å²) in [6.07, 6.45) is 1.24. The van der Waals surface area contributed by atoms with Crippen LogP contribution in [0.25, 0.3) is 0 Å². The smallest absolute Gasteiger partial charge is 0.265 e. The number of anilines is 1. The van der Waals surface area contributed by atoms with Crippen molar-refractivity contribution in [3.05, 3.63) is 52.6 Å². The second-order valence-corrected chi connectivity index (χ2v) is 8.75. The molecule has 0 aliphatic carbocycles. The van der Waals surface area contributed by atoms with Crippen molar-refractivity contribution < 1.29 is 17.9 Å². The van der Waals surface area contributed by atoms with Gasteiger partial charge in [-0.15, -0.1) is 0 Å². The highest BCUT2D eigenvalue weighted by Gasteiger charge is 2.23. The number of methoxy groups -OCH3 is 1. The topological polar surface area (TPSA) is 75.7 Å². The maximum Gasteiger partial charge on any atom is 0.265 e. The molecule has 0 fully saturated rings. The number of sulfonamides is 1. The fourth-order valence-electron chi connectivity index (χ4n) is 3.40. The van der Waals surface area contributed by atoms with Gasteiger partial charge in [0.2, 0.25) is 5.91 Å². The molecule has 0 aromatic heterocycles. The monoisotopic (exact) mass is 402 g/mol. The van der Waals surface area contributed by atoms with Crippen molar-refractivity contribution in [3.63, 3.8) is 0 Å². The summed E-state index contributed by atoms with van der Waals surface area (Å²) in [5.41, 5.74) is 4.43. The van der Waals surface area contributed by atoms with Gasteiger partial charge in [0.25, 0.3) is 10.0 Å². The summed E-state index contributed by atoms with van der Waals surface area (Å²) in [5, 5.41) is 0. The highest BCUT2D eigenvalue weighted by molar-refractivity contribution is 7.92. The SMILES string of the molecule is CCC(=O)N1CCc2ccc(NS(=O)(=O)c3cc(C)c(C)cc3OC)cc2C1. The van der Waals surface area contributed by atoms with Crippen molar-refractivity contribution in [2.24, 2.45) is 0 Å². The Balaban J connectivity index is 1.90. The summed E-state index contributed by atoms with van der Waals surface area (Å²) >= 11 is 0. The third-order valence-corrected chi connectivity index (χ3v) is 6.60. The lowest BCUT2D eigenvalue weighted by molar-refractivity contribution is -0.131. The summed E-state index contributed by atoms with van der Waals surface area (Å²) in [6.45, 7) is 6.83. The van der Waals surface area contributed by atoms with Crippen LogP contribution >= 0.6 is 0 Å². The molecule has 0 spiro atoms. The number of carbonyl (C=O) groups excluding carboxylic acids is 1. The number of carbonyl (C=O) groups is 1. The molecule has 28 heavy (non-hydrogen) atoms. The Hall–Kier alpha value is -2.54. The molecule has 1 amide bonds. The second kappa shape index (κ2) is 7.83. The van der Waals surface area contributed by atoms with Crippen LogP contribution in [-0.2, 0) is 27.8 Å². The van der Waals surface area contributed by atoms with E-state index < -0.39 is 10.0 Å². The summed E-state index contributed by atoms with van der Waals surface area (Å²) in [6, 6.07) is 8.86. The number of fused-ring (bicyclic) bond motifs is 1. The molecule has 0 bridgehead atoms. The van der Waals surface area contributed by atoms with Crippen LogP contribution in [0.4, 0.5) is 5.69 Å². The van der Waals surface area contributed by atoms with Gasteiger partial charge in [-0.3, -0.25) is 9.52 Å². The summed E-state index contributed by atoms with van der Waals surface area (Å²) in [4.78, 5) is 13.9. The Morgan fingerprint density at radius 1 is 1.14 bits per heavy atom. The molecule has 0 unspecified atom stereocenters. The lowest BCUT2D eigenvalue weighted by Gasteiger charge is -2.29. The van der Waals surface area contributed by atoms with Crippen molar-refractivity contribution in [2.45, 2.75) is 45.1 Å². The summed E-state index contributed by atoms with van der Waals surface area (Å²) < 4.78 is 33.9. The van der Waals surface area contributed by atoms with E-state index in [0.717, 1.165) is 28.7 Å². The van der Waals surface area contributed by atoms with Crippen molar-refractivity contribution in [1.82, 2.24) is 4.90 Å². The van der Waals surface area contributed by atoms with Crippen molar-refractivity contribution >= 4 is 21.6 Å². The molecule has 1 aliphatic rings. The first-order chi connectivity index (χ1) is 13.2. The van der Waals surface area contributed by atoms with Crippen LogP contribution < -0.4 is 9.46 Å². The molecule has 0 radical (unpaired) electrons. The summed E-state index contributed by atoms with van der Waals surface area (Å²) in [5.74, 6) is 0.421. The van der Waals surface area contributed by atoms with E-state index >= 15 is 0 Å². The van der Waals surface area contributed by atoms with Crippen molar-refractivity contribution in [3.8, 4) is 5.75 Å². The number of nitrogens with zero attached hydrogens (tertiary/aromatic N) is 1. The molecular weight excluding hydrogens is 376 g/mol. The van der Waals surface area contributed by atoms with Crippen molar-refractivity contribution in [1.29, 1.82) is 0 Å². The van der Waals surface area contributed by atoms with Gasteiger partial charge in [-0.1, -0.05) is 13.0 Å². The largest absolute Gasteiger partial charge is 0.495 e. The van der Waals surface area contributed by atoms with Crippen LogP contribution in [0, 0.1) is 13.8 Å². The van der Waals surface area contributed by atoms with E-state index in [2.05, 4.69) is 4.72 Å². The average Bonchev–Trinajstić information content (AvgIpc) is 2.68. The third-order valence-electron chi connectivity index (χ3n) is 5.20. The third kappa shape index (κ3) is 3.99. The van der Waals surface area contributed by atoms with Gasteiger partial charge >= 0.3 is 0 Å². The second-order valence-electron chi connectivity index (χ2n) is 7.10. The highest BCUT2D eigenvalue weighted by Crippen LogP contribution is 2.30. The summed E-state index contributed by atoms with van der Waals surface area (Å²) in [7, 11) is -2.35. The van der Waals surface area contributed by atoms with Gasteiger partial charge in [-0.05, 0) is 66.8 Å². The first kappa shape index (κ1) is 20.2. The van der Waals surface area contributed by atoms with Gasteiger partial charge in [0, 0.05) is 25.2 Å². The van der Waals surface area contributed by atoms with Crippen molar-refractivity contribution in [2.75, 3.05) is 18.4 Å². The Morgan fingerprint density at radius 2 is 1.86 bits per heavy atom. The molecule has 6 nitrogen and oxygen atoms in total. The first-order valence-electron chi connectivity index (χ1n) is 9.32. The van der Waals surface area contributed by atoms with Gasteiger partial charge in [0.1, 0.15) is 10.6 Å². The van der Waals surface area contributed by atoms with E-state index in [1.54, 1.807) is 18.2 Å². The molecule has 150 valence electrons. The number of amides is 1. The minimum Gasteiger partial charge on any atom is -0.495 e. The Bertz CT molecular complexity index is 1020. The van der Waals surface area contributed by atoms with Crippen LogP contribution in [0.2, 0.25) is 0 Å². The van der Waals surface area contributed by atoms with E-state index in [9.17, 15) is 13.2 Å². The maximum absolute atomic E-state index is 13.0. The van der Waals surface area contributed by atoms with E-state index in [1.165, 1.54) is 7.11 Å². The van der Waals surface area contributed by atoms with Gasteiger partial charge in [-0.2, -0.15) is 0 Å². The Morgan fingerprint density at radius 3 is 2.54 bits per heavy atom. The number of aryl methyl sites for hydroxylation is 2. The number of nitrogens with one attached hydrogen (secondary N) is 1. The first-order valence-corrected chi connectivity index (χ1v) is 10.8. The zero-order valence-corrected chi connectivity index (χ0v) is 17.5. The molecule has 7 heteroatoms. The predicted octanol–water partition coefficient (Wildman–Crippen LogP) is 3.41. The highest BCUT2D eigenvalue weighted by atomic mass is 32.2. The van der Waals surface area contributed by atoms with E-state index in [0.29, 0.717) is 30.9 Å². The lowest BCUT2D eigenvalue weighted by Crippen LogP contribution is -2.35. The fourth-order valence-corrected chi connectivity index (χ4v) is 4.69. The predicted molar refractivity (Wildman–Crippen MR) is 109 cm³/mol. The van der Waals surface area contributed by atoms with E-state index in [1.807, 2.05) is 37.8 Å². The zero-order chi connectivity index (χ0) is 20.5. The quantitative estimate of drug-likeness (QED) is 0.832. The molecule has 0 saturated heterocycles. The molecular formula is C21H26N2O4S. The standard InChI is InChI=1S/C21H26N2O4S/c1-5-21(24)23-9-8-16-6-7-18(12-17(16)13-23)22-28(25,26)20-11-15(3)14(2)10-19(20)27-4/h6-7,10-12,22H,5,8-9,13H2,1-4H3. The van der Waals surface area contributed by atoms with Crippen LogP contribution in [0.15, 0.2) is 35.2 Å². The van der Waals surface area contributed by atoms with Crippen LogP contribution in [0.3, 0.4) is 0 Å². The van der Waals surface area contributed by atoms with Crippen LogP contribution in [0.5, 0.6) is 5.75 Å². The number of rotatable bonds is 5. The minimum absolute atomic E-state index is 0.108. The average molecular weight is 403 g/mol. The number of ether oxygens (including phenoxy) is 1. The molecule has 1 N–H and O–H groups in total. The zero-order valence-electron chi connectivity index (χ0n) is 16.7.